The first kappa shape index (κ1) is 18.6. The number of carbonyl (C=O) groups is 1. The van der Waals surface area contributed by atoms with Gasteiger partial charge >= 0.3 is 0 Å². The summed E-state index contributed by atoms with van der Waals surface area (Å²) in [6, 6.07) is 20.8. The Morgan fingerprint density at radius 1 is 1.00 bits per heavy atom. The van der Waals surface area contributed by atoms with Gasteiger partial charge in [-0.3, -0.25) is 4.79 Å². The zero-order chi connectivity index (χ0) is 20.4. The van der Waals surface area contributed by atoms with E-state index in [0.717, 1.165) is 22.0 Å². The number of hydrogen-bond donors (Lipinski definition) is 1. The number of anilines is 1. The van der Waals surface area contributed by atoms with Crippen LogP contribution in [0.25, 0.3) is 22.2 Å². The van der Waals surface area contributed by atoms with Gasteiger partial charge in [-0.1, -0.05) is 23.8 Å². The van der Waals surface area contributed by atoms with Gasteiger partial charge in [0.2, 0.25) is 0 Å². The summed E-state index contributed by atoms with van der Waals surface area (Å²) in [7, 11) is 1.61. The van der Waals surface area contributed by atoms with Gasteiger partial charge in [0.15, 0.2) is 0 Å². The van der Waals surface area contributed by atoms with Crippen molar-refractivity contribution in [1.29, 1.82) is 0 Å². The molecule has 1 aromatic heterocycles. The van der Waals surface area contributed by atoms with Crippen molar-refractivity contribution in [1.82, 2.24) is 4.98 Å². The molecule has 29 heavy (non-hydrogen) atoms. The minimum absolute atomic E-state index is 0.279. The first-order valence-corrected chi connectivity index (χ1v) is 9.16. The number of nitrogens with one attached hydrogen (secondary N) is 1. The molecule has 0 unspecified atom stereocenters. The van der Waals surface area contributed by atoms with E-state index in [0.29, 0.717) is 22.7 Å². The Morgan fingerprint density at radius 3 is 2.55 bits per heavy atom. The lowest BCUT2D eigenvalue weighted by Gasteiger charge is -2.12. The summed E-state index contributed by atoms with van der Waals surface area (Å²) in [4.78, 5) is 17.8. The smallest absolute Gasteiger partial charge is 0.256 e. The molecule has 0 spiro atoms. The van der Waals surface area contributed by atoms with Crippen molar-refractivity contribution < 1.29 is 13.9 Å². The number of ether oxygens (including phenoxy) is 1. The van der Waals surface area contributed by atoms with Gasteiger partial charge in [-0.25, -0.2) is 9.37 Å². The molecule has 4 rings (SSSR count). The van der Waals surface area contributed by atoms with Gasteiger partial charge in [0.05, 0.1) is 23.9 Å². The van der Waals surface area contributed by atoms with Gasteiger partial charge < -0.3 is 10.1 Å². The number of halogens is 1. The van der Waals surface area contributed by atoms with Crippen molar-refractivity contribution in [2.75, 3.05) is 12.4 Å². The van der Waals surface area contributed by atoms with Gasteiger partial charge in [-0.05, 0) is 61.5 Å². The Labute approximate surface area is 168 Å². The molecule has 0 saturated carbocycles. The average molecular weight is 386 g/mol. The van der Waals surface area contributed by atoms with Crippen molar-refractivity contribution in [3.63, 3.8) is 0 Å². The molecule has 0 bridgehead atoms. The van der Waals surface area contributed by atoms with Gasteiger partial charge in [0.1, 0.15) is 11.6 Å². The minimum Gasteiger partial charge on any atom is -0.497 e. The van der Waals surface area contributed by atoms with E-state index in [-0.39, 0.29) is 11.7 Å². The second kappa shape index (κ2) is 7.72. The van der Waals surface area contributed by atoms with Crippen LogP contribution in [0.1, 0.15) is 15.9 Å². The first-order valence-electron chi connectivity index (χ1n) is 9.16. The van der Waals surface area contributed by atoms with E-state index in [1.54, 1.807) is 13.2 Å². The van der Waals surface area contributed by atoms with E-state index in [2.05, 4.69) is 5.32 Å². The van der Waals surface area contributed by atoms with Crippen molar-refractivity contribution >= 4 is 22.5 Å². The van der Waals surface area contributed by atoms with Crippen LogP contribution in [0, 0.1) is 12.7 Å². The van der Waals surface area contributed by atoms with Gasteiger partial charge in [0.25, 0.3) is 5.91 Å². The zero-order valence-electron chi connectivity index (χ0n) is 16.1. The molecule has 1 N–H and O–H groups in total. The van der Waals surface area contributed by atoms with Crippen molar-refractivity contribution in [3.05, 3.63) is 89.7 Å². The molecule has 1 amide bonds. The molecule has 0 aliphatic heterocycles. The summed E-state index contributed by atoms with van der Waals surface area (Å²) in [6.07, 6.45) is 0. The number of pyridine rings is 1. The number of carbonyl (C=O) groups excluding carboxylic acids is 1. The summed E-state index contributed by atoms with van der Waals surface area (Å²) in [5, 5.41) is 3.60. The fourth-order valence-electron chi connectivity index (χ4n) is 3.19. The number of fused-ring (bicyclic) bond motifs is 1. The average Bonchev–Trinajstić information content (AvgIpc) is 2.74. The highest BCUT2D eigenvalue weighted by Gasteiger charge is 2.15. The van der Waals surface area contributed by atoms with E-state index in [1.165, 1.54) is 24.3 Å². The number of benzene rings is 3. The van der Waals surface area contributed by atoms with Crippen LogP contribution in [0.2, 0.25) is 0 Å². The zero-order valence-corrected chi connectivity index (χ0v) is 16.1. The van der Waals surface area contributed by atoms with Gasteiger partial charge in [0, 0.05) is 16.6 Å². The van der Waals surface area contributed by atoms with Crippen LogP contribution in [0.15, 0.2) is 72.8 Å². The maximum Gasteiger partial charge on any atom is 0.256 e. The van der Waals surface area contributed by atoms with Crippen LogP contribution in [0.3, 0.4) is 0 Å². The molecular weight excluding hydrogens is 367 g/mol. The molecule has 0 aliphatic carbocycles. The molecule has 4 nitrogen and oxygen atoms in total. The number of rotatable bonds is 4. The Balaban J connectivity index is 1.82. The van der Waals surface area contributed by atoms with E-state index in [1.807, 2.05) is 49.4 Å². The fourth-order valence-corrected chi connectivity index (χ4v) is 3.19. The van der Waals surface area contributed by atoms with Gasteiger partial charge in [-0.15, -0.1) is 0 Å². The largest absolute Gasteiger partial charge is 0.497 e. The number of aromatic nitrogens is 1. The Hall–Kier alpha value is -3.73. The van der Waals surface area contributed by atoms with Crippen LogP contribution in [0.4, 0.5) is 10.1 Å². The summed E-state index contributed by atoms with van der Waals surface area (Å²) in [6.45, 7) is 1.97. The summed E-state index contributed by atoms with van der Waals surface area (Å²) < 4.78 is 18.5. The molecule has 4 aromatic rings. The summed E-state index contributed by atoms with van der Waals surface area (Å²) >= 11 is 0. The Kier molecular flexibility index (Phi) is 4.96. The monoisotopic (exact) mass is 386 g/mol. The topological polar surface area (TPSA) is 51.2 Å². The summed E-state index contributed by atoms with van der Waals surface area (Å²) in [5.74, 6) is 0.0812. The predicted octanol–water partition coefficient (Wildman–Crippen LogP) is 5.61. The lowest BCUT2D eigenvalue weighted by atomic mass is 10.0. The first-order chi connectivity index (χ1) is 14.0. The predicted molar refractivity (Wildman–Crippen MR) is 113 cm³/mol. The number of aryl methyl sites for hydroxylation is 1. The van der Waals surface area contributed by atoms with Gasteiger partial charge in [-0.2, -0.15) is 0 Å². The quantitative estimate of drug-likeness (QED) is 0.496. The SMILES string of the molecule is COc1cccc(-c2cc(C(=O)Nc3ccc(F)cc3)c3cc(C)ccc3n2)c1. The lowest BCUT2D eigenvalue weighted by Crippen LogP contribution is -2.13. The molecule has 0 atom stereocenters. The van der Waals surface area contributed by atoms with Crippen molar-refractivity contribution in [2.45, 2.75) is 6.92 Å². The molecule has 1 heterocycles. The normalized spacial score (nSPS) is 10.7. The van der Waals surface area contributed by atoms with Crippen molar-refractivity contribution in [2.24, 2.45) is 0 Å². The standard InChI is InChI=1S/C24H19FN2O2/c1-15-6-11-22-20(12-15)21(24(28)26-18-9-7-17(25)8-10-18)14-23(27-22)16-4-3-5-19(13-16)29-2/h3-14H,1-2H3,(H,26,28). The number of amides is 1. The van der Waals surface area contributed by atoms with E-state index >= 15 is 0 Å². The minimum atomic E-state index is -0.353. The molecular formula is C24H19FN2O2. The third-order valence-electron chi connectivity index (χ3n) is 4.68. The molecule has 0 aliphatic rings. The molecule has 3 aromatic carbocycles. The highest BCUT2D eigenvalue weighted by molar-refractivity contribution is 6.13. The maximum absolute atomic E-state index is 13.2. The second-order valence-electron chi connectivity index (χ2n) is 6.77. The van der Waals surface area contributed by atoms with Crippen LogP contribution in [-0.2, 0) is 0 Å². The van der Waals surface area contributed by atoms with Crippen LogP contribution in [-0.4, -0.2) is 18.0 Å². The number of hydrogen-bond acceptors (Lipinski definition) is 3. The van der Waals surface area contributed by atoms with E-state index in [4.69, 9.17) is 9.72 Å². The molecule has 144 valence electrons. The third-order valence-corrected chi connectivity index (χ3v) is 4.68. The third kappa shape index (κ3) is 3.94. The van der Waals surface area contributed by atoms with E-state index < -0.39 is 0 Å². The fraction of sp³-hybridized carbons (Fsp3) is 0.0833. The van der Waals surface area contributed by atoms with Crippen LogP contribution < -0.4 is 10.1 Å². The molecule has 5 heteroatoms. The highest BCUT2D eigenvalue weighted by Crippen LogP contribution is 2.28. The molecule has 0 saturated heterocycles. The summed E-state index contributed by atoms with van der Waals surface area (Å²) in [5.41, 5.74) is 4.30. The molecule has 0 radical (unpaired) electrons. The Morgan fingerprint density at radius 2 is 1.79 bits per heavy atom. The number of methoxy groups -OCH3 is 1. The molecule has 0 fully saturated rings. The van der Waals surface area contributed by atoms with E-state index in [9.17, 15) is 9.18 Å². The number of nitrogens with zero attached hydrogens (tertiary/aromatic N) is 1. The lowest BCUT2D eigenvalue weighted by molar-refractivity contribution is 0.102. The Bertz CT molecular complexity index is 1200. The second-order valence-corrected chi connectivity index (χ2v) is 6.77. The maximum atomic E-state index is 13.2. The van der Waals surface area contributed by atoms with Crippen LogP contribution >= 0.6 is 0 Å². The van der Waals surface area contributed by atoms with Crippen LogP contribution in [0.5, 0.6) is 5.75 Å². The highest BCUT2D eigenvalue weighted by atomic mass is 19.1. The van der Waals surface area contributed by atoms with Crippen molar-refractivity contribution in [3.8, 4) is 17.0 Å².